The molecular formula is C24H25N5O2. The SMILES string of the molecule is COc1ccc(-c2ccc3cc(C)c(-c4ccnc(NCC5CC5)n4)n3n2)cc1OC. The smallest absolute Gasteiger partial charge is 0.223 e. The molecule has 1 N–H and O–H groups in total. The molecule has 7 heteroatoms. The molecule has 5 rings (SSSR count). The van der Waals surface area contributed by atoms with Crippen molar-refractivity contribution >= 4 is 11.5 Å². The van der Waals surface area contributed by atoms with E-state index in [0.29, 0.717) is 17.4 Å². The molecule has 0 amide bonds. The van der Waals surface area contributed by atoms with Crippen LogP contribution in [-0.2, 0) is 0 Å². The predicted molar refractivity (Wildman–Crippen MR) is 121 cm³/mol. The van der Waals surface area contributed by atoms with Gasteiger partial charge >= 0.3 is 0 Å². The van der Waals surface area contributed by atoms with Crippen LogP contribution in [-0.4, -0.2) is 40.3 Å². The van der Waals surface area contributed by atoms with Gasteiger partial charge in [-0.25, -0.2) is 14.5 Å². The first-order chi connectivity index (χ1) is 15.2. The first-order valence-electron chi connectivity index (χ1n) is 10.5. The lowest BCUT2D eigenvalue weighted by Crippen LogP contribution is -2.07. The lowest BCUT2D eigenvalue weighted by molar-refractivity contribution is 0.355. The highest BCUT2D eigenvalue weighted by molar-refractivity contribution is 5.71. The summed E-state index contributed by atoms with van der Waals surface area (Å²) in [5, 5.41) is 8.29. The Kier molecular flexibility index (Phi) is 4.94. The van der Waals surface area contributed by atoms with Crippen molar-refractivity contribution in [1.82, 2.24) is 19.6 Å². The van der Waals surface area contributed by atoms with Gasteiger partial charge in [-0.05, 0) is 73.7 Å². The van der Waals surface area contributed by atoms with Crippen LogP contribution in [0.2, 0.25) is 0 Å². The van der Waals surface area contributed by atoms with Gasteiger partial charge in [0, 0.05) is 18.3 Å². The van der Waals surface area contributed by atoms with Crippen LogP contribution in [0, 0.1) is 12.8 Å². The molecule has 3 heterocycles. The van der Waals surface area contributed by atoms with Gasteiger partial charge in [0.2, 0.25) is 5.95 Å². The highest BCUT2D eigenvalue weighted by Crippen LogP contribution is 2.33. The minimum Gasteiger partial charge on any atom is -0.493 e. The van der Waals surface area contributed by atoms with Crippen molar-refractivity contribution in [2.45, 2.75) is 19.8 Å². The van der Waals surface area contributed by atoms with Crippen LogP contribution in [0.15, 0.2) is 48.7 Å². The lowest BCUT2D eigenvalue weighted by atomic mass is 10.1. The van der Waals surface area contributed by atoms with Crippen LogP contribution in [0.1, 0.15) is 18.4 Å². The summed E-state index contributed by atoms with van der Waals surface area (Å²) in [6, 6.07) is 14.0. The largest absolute Gasteiger partial charge is 0.493 e. The molecule has 0 bridgehead atoms. The van der Waals surface area contributed by atoms with Gasteiger partial charge in [-0.1, -0.05) is 0 Å². The number of nitrogens with one attached hydrogen (secondary N) is 1. The van der Waals surface area contributed by atoms with Gasteiger partial charge in [0.25, 0.3) is 0 Å². The number of fused-ring (bicyclic) bond motifs is 1. The fourth-order valence-electron chi connectivity index (χ4n) is 3.77. The number of hydrogen-bond acceptors (Lipinski definition) is 6. The first-order valence-corrected chi connectivity index (χ1v) is 10.5. The third-order valence-electron chi connectivity index (χ3n) is 5.64. The highest BCUT2D eigenvalue weighted by atomic mass is 16.5. The van der Waals surface area contributed by atoms with E-state index in [2.05, 4.69) is 29.4 Å². The predicted octanol–water partition coefficient (Wildman–Crippen LogP) is 4.61. The number of anilines is 1. The molecular weight excluding hydrogens is 390 g/mol. The normalized spacial score (nSPS) is 13.4. The Morgan fingerprint density at radius 3 is 2.61 bits per heavy atom. The van der Waals surface area contributed by atoms with Crippen LogP contribution in [0.4, 0.5) is 5.95 Å². The number of benzene rings is 1. The fraction of sp³-hybridized carbons (Fsp3) is 0.292. The van der Waals surface area contributed by atoms with E-state index in [1.807, 2.05) is 34.8 Å². The van der Waals surface area contributed by atoms with Crippen molar-refractivity contribution in [3.8, 4) is 34.1 Å². The summed E-state index contributed by atoms with van der Waals surface area (Å²) in [7, 11) is 3.27. The summed E-state index contributed by atoms with van der Waals surface area (Å²) in [5.74, 6) is 2.79. The number of rotatable bonds is 7. The van der Waals surface area contributed by atoms with Gasteiger partial charge in [0.1, 0.15) is 0 Å². The summed E-state index contributed by atoms with van der Waals surface area (Å²) < 4.78 is 12.8. The minimum absolute atomic E-state index is 0.662. The molecule has 1 saturated carbocycles. The maximum Gasteiger partial charge on any atom is 0.223 e. The zero-order chi connectivity index (χ0) is 21.4. The number of aromatic nitrogens is 4. The maximum atomic E-state index is 5.46. The van der Waals surface area contributed by atoms with E-state index >= 15 is 0 Å². The van der Waals surface area contributed by atoms with Gasteiger partial charge in [-0.2, -0.15) is 5.10 Å². The molecule has 0 spiro atoms. The molecule has 3 aromatic heterocycles. The van der Waals surface area contributed by atoms with E-state index in [1.54, 1.807) is 20.4 Å². The molecule has 7 nitrogen and oxygen atoms in total. The number of methoxy groups -OCH3 is 2. The Morgan fingerprint density at radius 1 is 1.00 bits per heavy atom. The zero-order valence-corrected chi connectivity index (χ0v) is 17.9. The van der Waals surface area contributed by atoms with E-state index < -0.39 is 0 Å². The van der Waals surface area contributed by atoms with Crippen molar-refractivity contribution < 1.29 is 9.47 Å². The zero-order valence-electron chi connectivity index (χ0n) is 17.9. The molecule has 1 aromatic carbocycles. The summed E-state index contributed by atoms with van der Waals surface area (Å²) in [4.78, 5) is 9.14. The first kappa shape index (κ1) is 19.4. The van der Waals surface area contributed by atoms with Crippen LogP contribution in [0.3, 0.4) is 0 Å². The Labute approximate surface area is 181 Å². The molecule has 1 fully saturated rings. The highest BCUT2D eigenvalue weighted by Gasteiger charge is 2.21. The number of hydrogen-bond donors (Lipinski definition) is 1. The van der Waals surface area contributed by atoms with Gasteiger partial charge in [-0.3, -0.25) is 0 Å². The Hall–Kier alpha value is -3.61. The van der Waals surface area contributed by atoms with Crippen molar-refractivity contribution in [3.05, 3.63) is 54.2 Å². The summed E-state index contributed by atoms with van der Waals surface area (Å²) in [5.41, 5.74) is 5.74. The topological polar surface area (TPSA) is 73.6 Å². The second kappa shape index (κ2) is 7.91. The third-order valence-corrected chi connectivity index (χ3v) is 5.64. The molecule has 158 valence electrons. The van der Waals surface area contributed by atoms with Gasteiger partial charge in [0.05, 0.1) is 36.8 Å². The quantitative estimate of drug-likeness (QED) is 0.475. The van der Waals surface area contributed by atoms with E-state index in [-0.39, 0.29) is 0 Å². The molecule has 0 radical (unpaired) electrons. The molecule has 0 saturated heterocycles. The number of aryl methyl sites for hydroxylation is 1. The van der Waals surface area contributed by atoms with Crippen molar-refractivity contribution in [1.29, 1.82) is 0 Å². The second-order valence-corrected chi connectivity index (χ2v) is 7.89. The molecule has 0 unspecified atom stereocenters. The molecule has 0 atom stereocenters. The third kappa shape index (κ3) is 3.79. The van der Waals surface area contributed by atoms with Gasteiger partial charge in [-0.15, -0.1) is 0 Å². The monoisotopic (exact) mass is 415 g/mol. The lowest BCUT2D eigenvalue weighted by Gasteiger charge is -2.10. The Bertz CT molecular complexity index is 1250. The number of nitrogens with zero attached hydrogens (tertiary/aromatic N) is 4. The summed E-state index contributed by atoms with van der Waals surface area (Å²) >= 11 is 0. The van der Waals surface area contributed by atoms with Crippen molar-refractivity contribution in [2.75, 3.05) is 26.1 Å². The average Bonchev–Trinajstić information content (AvgIpc) is 3.57. The Morgan fingerprint density at radius 2 is 1.84 bits per heavy atom. The second-order valence-electron chi connectivity index (χ2n) is 7.89. The van der Waals surface area contributed by atoms with Crippen LogP contribution < -0.4 is 14.8 Å². The molecule has 1 aliphatic rings. The molecule has 4 aromatic rings. The molecule has 1 aliphatic carbocycles. The van der Waals surface area contributed by atoms with E-state index in [9.17, 15) is 0 Å². The number of ether oxygens (including phenoxy) is 2. The summed E-state index contributed by atoms with van der Waals surface area (Å²) in [6.45, 7) is 3.01. The summed E-state index contributed by atoms with van der Waals surface area (Å²) in [6.07, 6.45) is 4.38. The Balaban J connectivity index is 1.55. The molecule has 0 aliphatic heterocycles. The van der Waals surface area contributed by atoms with Crippen LogP contribution in [0.25, 0.3) is 28.2 Å². The van der Waals surface area contributed by atoms with E-state index in [1.165, 1.54) is 12.8 Å². The maximum absolute atomic E-state index is 5.46. The van der Waals surface area contributed by atoms with Crippen LogP contribution >= 0.6 is 0 Å². The van der Waals surface area contributed by atoms with E-state index in [4.69, 9.17) is 19.6 Å². The van der Waals surface area contributed by atoms with Gasteiger partial charge in [0.15, 0.2) is 11.5 Å². The van der Waals surface area contributed by atoms with Crippen molar-refractivity contribution in [3.63, 3.8) is 0 Å². The van der Waals surface area contributed by atoms with Gasteiger partial charge < -0.3 is 14.8 Å². The van der Waals surface area contributed by atoms with E-state index in [0.717, 1.165) is 46.2 Å². The van der Waals surface area contributed by atoms with Crippen molar-refractivity contribution in [2.24, 2.45) is 5.92 Å². The fourth-order valence-corrected chi connectivity index (χ4v) is 3.77. The standard InChI is InChI=1S/C24H25N5O2/c1-15-12-18-7-8-19(17-6-9-21(30-2)22(13-17)31-3)28-29(18)23(15)20-10-11-25-24(27-20)26-14-16-4-5-16/h6-13,16H,4-5,14H2,1-3H3,(H,25,26,27). The molecule has 31 heavy (non-hydrogen) atoms. The van der Waals surface area contributed by atoms with Crippen LogP contribution in [0.5, 0.6) is 11.5 Å². The average molecular weight is 415 g/mol. The minimum atomic E-state index is 0.662.